The van der Waals surface area contributed by atoms with Crippen molar-refractivity contribution in [3.05, 3.63) is 294 Å². The highest BCUT2D eigenvalue weighted by Crippen LogP contribution is 2.58. The maximum Gasteiger partial charge on any atom is 0.0788 e. The number of hydrogen-bond acceptors (Lipinski definition) is 2. The summed E-state index contributed by atoms with van der Waals surface area (Å²) in [7, 11) is 0. The van der Waals surface area contributed by atoms with Crippen molar-refractivity contribution in [2.45, 2.75) is 24.7 Å². The standard InChI is InChI=1S/C71H49N3/c1-70(2)60-30-16-12-26-53(60)55-40-38-51(44-62(55)70)73(52-39-41-56-54-27-13-17-31-61(54)71(63(56)45-52,47-20-6-3-7-21-47)48-22-8-4-9-23-48)50-36-34-46(35-37-50)69-59-42-43-66-68(67(59)57-28-14-18-32-64(57)72-69)58-29-15-19-33-65(58)74(66)49-24-10-5-11-25-49/h3-45H,1-2H3. The summed E-state index contributed by atoms with van der Waals surface area (Å²) in [4.78, 5) is 7.98. The van der Waals surface area contributed by atoms with Gasteiger partial charge in [-0.1, -0.05) is 208 Å². The van der Waals surface area contributed by atoms with E-state index in [2.05, 4.69) is 284 Å². The molecule has 0 atom stereocenters. The van der Waals surface area contributed by atoms with Crippen LogP contribution in [0.15, 0.2) is 261 Å². The summed E-state index contributed by atoms with van der Waals surface area (Å²) in [5.41, 5.74) is 22.0. The fourth-order valence-electron chi connectivity index (χ4n) is 13.2. The molecule has 0 saturated carbocycles. The smallest absolute Gasteiger partial charge is 0.0788 e. The van der Waals surface area contributed by atoms with E-state index < -0.39 is 5.41 Å². The molecule has 348 valence electrons. The van der Waals surface area contributed by atoms with Crippen molar-refractivity contribution in [1.82, 2.24) is 9.55 Å². The van der Waals surface area contributed by atoms with Crippen LogP contribution in [-0.2, 0) is 10.8 Å². The van der Waals surface area contributed by atoms with E-state index >= 15 is 0 Å². The predicted octanol–water partition coefficient (Wildman–Crippen LogP) is 18.3. The quantitative estimate of drug-likeness (QED) is 0.148. The Morgan fingerprint density at radius 1 is 0.365 bits per heavy atom. The minimum atomic E-state index is -0.539. The fourth-order valence-corrected chi connectivity index (χ4v) is 13.2. The van der Waals surface area contributed by atoms with Crippen LogP contribution < -0.4 is 4.90 Å². The van der Waals surface area contributed by atoms with Gasteiger partial charge in [-0.2, -0.15) is 0 Å². The summed E-state index contributed by atoms with van der Waals surface area (Å²) in [6.45, 7) is 4.74. The van der Waals surface area contributed by atoms with Gasteiger partial charge in [0.1, 0.15) is 0 Å². The van der Waals surface area contributed by atoms with Crippen molar-refractivity contribution in [2.24, 2.45) is 0 Å². The molecule has 74 heavy (non-hydrogen) atoms. The Morgan fingerprint density at radius 2 is 0.892 bits per heavy atom. The molecule has 13 aromatic rings. The van der Waals surface area contributed by atoms with Crippen molar-refractivity contribution in [1.29, 1.82) is 0 Å². The number of pyridine rings is 1. The van der Waals surface area contributed by atoms with Gasteiger partial charge < -0.3 is 9.47 Å². The van der Waals surface area contributed by atoms with Crippen molar-refractivity contribution < 1.29 is 0 Å². The number of hydrogen-bond donors (Lipinski definition) is 0. The number of anilines is 3. The van der Waals surface area contributed by atoms with Crippen molar-refractivity contribution in [2.75, 3.05) is 4.90 Å². The zero-order valence-electron chi connectivity index (χ0n) is 41.2. The normalized spacial score (nSPS) is 13.8. The average molecular weight is 944 g/mol. The van der Waals surface area contributed by atoms with Crippen LogP contribution in [0.2, 0.25) is 0 Å². The number of nitrogens with zero attached hydrogens (tertiary/aromatic N) is 3. The Bertz CT molecular complexity index is 4340. The lowest BCUT2D eigenvalue weighted by Crippen LogP contribution is -2.28. The molecule has 0 saturated heterocycles. The van der Waals surface area contributed by atoms with Crippen molar-refractivity contribution >= 4 is 60.5 Å². The van der Waals surface area contributed by atoms with Gasteiger partial charge in [-0.3, -0.25) is 0 Å². The first kappa shape index (κ1) is 42.4. The van der Waals surface area contributed by atoms with Crippen molar-refractivity contribution in [3.63, 3.8) is 0 Å². The first-order valence-electron chi connectivity index (χ1n) is 25.8. The summed E-state index contributed by atoms with van der Waals surface area (Å²) >= 11 is 0. The van der Waals surface area contributed by atoms with E-state index in [0.29, 0.717) is 0 Å². The lowest BCUT2D eigenvalue weighted by molar-refractivity contribution is 0.660. The Hall–Kier alpha value is -9.31. The van der Waals surface area contributed by atoms with E-state index in [-0.39, 0.29) is 5.41 Å². The zero-order chi connectivity index (χ0) is 49.1. The number of benzene rings is 11. The molecule has 0 aliphatic heterocycles. The third-order valence-corrected chi connectivity index (χ3v) is 16.4. The molecule has 0 spiro atoms. The van der Waals surface area contributed by atoms with Gasteiger partial charge in [0.05, 0.1) is 27.7 Å². The molecule has 2 aliphatic rings. The molecule has 0 N–H and O–H groups in total. The van der Waals surface area contributed by atoms with Gasteiger partial charge in [0.2, 0.25) is 0 Å². The minimum absolute atomic E-state index is 0.172. The lowest BCUT2D eigenvalue weighted by Gasteiger charge is -2.35. The number of para-hydroxylation sites is 3. The maximum atomic E-state index is 5.50. The van der Waals surface area contributed by atoms with Crippen molar-refractivity contribution in [3.8, 4) is 39.2 Å². The highest BCUT2D eigenvalue weighted by atomic mass is 15.1. The average Bonchev–Trinajstić information content (AvgIpc) is 4.04. The molecule has 3 heteroatoms. The van der Waals surface area contributed by atoms with Crippen LogP contribution in [0.3, 0.4) is 0 Å². The third kappa shape index (κ3) is 5.98. The van der Waals surface area contributed by atoms with Crippen LogP contribution >= 0.6 is 0 Å². The fraction of sp³-hybridized carbons (Fsp3) is 0.0563. The van der Waals surface area contributed by atoms with Gasteiger partial charge in [-0.05, 0) is 122 Å². The molecule has 11 aromatic carbocycles. The minimum Gasteiger partial charge on any atom is -0.310 e. The van der Waals surface area contributed by atoms with Crippen LogP contribution in [0.5, 0.6) is 0 Å². The first-order chi connectivity index (χ1) is 36.5. The van der Waals surface area contributed by atoms with Crippen LogP contribution in [0, 0.1) is 0 Å². The van der Waals surface area contributed by atoms with Gasteiger partial charge in [-0.25, -0.2) is 4.98 Å². The second kappa shape index (κ2) is 16.1. The van der Waals surface area contributed by atoms with E-state index in [1.807, 2.05) is 0 Å². The van der Waals surface area contributed by atoms with Gasteiger partial charge in [0.25, 0.3) is 0 Å². The molecule has 0 unspecified atom stereocenters. The molecule has 0 radical (unpaired) electrons. The Balaban J connectivity index is 0.947. The molecule has 2 aliphatic carbocycles. The molecule has 0 fully saturated rings. The summed E-state index contributed by atoms with van der Waals surface area (Å²) in [6.07, 6.45) is 0. The topological polar surface area (TPSA) is 21.1 Å². The Labute approximate surface area is 430 Å². The van der Waals surface area contributed by atoms with E-state index in [1.165, 1.54) is 82.8 Å². The molecule has 2 heterocycles. The highest BCUT2D eigenvalue weighted by molar-refractivity contribution is 6.29. The third-order valence-electron chi connectivity index (χ3n) is 16.4. The second-order valence-electron chi connectivity index (χ2n) is 20.6. The molecule has 0 bridgehead atoms. The van der Waals surface area contributed by atoms with Crippen LogP contribution in [0.4, 0.5) is 17.1 Å². The highest BCUT2D eigenvalue weighted by Gasteiger charge is 2.46. The lowest BCUT2D eigenvalue weighted by atomic mass is 9.67. The molecule has 15 rings (SSSR count). The van der Waals surface area contributed by atoms with E-state index in [1.54, 1.807) is 0 Å². The number of fused-ring (bicyclic) bond motifs is 13. The Kier molecular flexibility index (Phi) is 9.22. The Morgan fingerprint density at radius 3 is 1.59 bits per heavy atom. The van der Waals surface area contributed by atoms with Gasteiger partial charge in [-0.15, -0.1) is 0 Å². The summed E-state index contributed by atoms with van der Waals surface area (Å²) in [6, 6.07) is 96.4. The summed E-state index contributed by atoms with van der Waals surface area (Å²) < 4.78 is 2.41. The molecule has 3 nitrogen and oxygen atoms in total. The number of aromatic nitrogens is 2. The molecule has 2 aromatic heterocycles. The molecule has 0 amide bonds. The van der Waals surface area contributed by atoms with Gasteiger partial charge >= 0.3 is 0 Å². The molecular formula is C71H49N3. The second-order valence-corrected chi connectivity index (χ2v) is 20.6. The SMILES string of the molecule is CC1(C)c2ccccc2-c2ccc(N(c3ccc(-c4nc5ccccc5c5c4ccc4c5c5ccccc5n4-c4ccccc4)cc3)c3ccc4c(c3)C(c3ccccc3)(c3ccccc3)c3ccccc3-4)cc21. The van der Waals surface area contributed by atoms with Crippen LogP contribution in [0.1, 0.15) is 47.2 Å². The zero-order valence-corrected chi connectivity index (χ0v) is 41.2. The monoisotopic (exact) mass is 943 g/mol. The maximum absolute atomic E-state index is 5.50. The van der Waals surface area contributed by atoms with Gasteiger partial charge in [0, 0.05) is 60.7 Å². The summed E-state index contributed by atoms with van der Waals surface area (Å²) in [5.74, 6) is 0. The van der Waals surface area contributed by atoms with Gasteiger partial charge in [0.15, 0.2) is 0 Å². The number of rotatable bonds is 7. The van der Waals surface area contributed by atoms with E-state index in [0.717, 1.165) is 50.3 Å². The first-order valence-corrected chi connectivity index (χ1v) is 25.8. The van der Waals surface area contributed by atoms with Crippen LogP contribution in [-0.4, -0.2) is 9.55 Å². The predicted molar refractivity (Wildman–Crippen MR) is 309 cm³/mol. The molecular weight excluding hydrogens is 895 g/mol. The largest absolute Gasteiger partial charge is 0.310 e. The van der Waals surface area contributed by atoms with E-state index in [4.69, 9.17) is 4.98 Å². The van der Waals surface area contributed by atoms with Crippen LogP contribution in [0.25, 0.3) is 82.7 Å². The summed E-state index contributed by atoms with van der Waals surface area (Å²) in [5, 5.41) is 5.98. The van der Waals surface area contributed by atoms with E-state index in [9.17, 15) is 0 Å².